The first-order valence-corrected chi connectivity index (χ1v) is 19.2. The molecule has 0 spiro atoms. The Bertz CT molecular complexity index is 1040. The van der Waals surface area contributed by atoms with Gasteiger partial charge in [-0.25, -0.2) is 0 Å². The predicted octanol–water partition coefficient (Wildman–Crippen LogP) is 8.91. The van der Waals surface area contributed by atoms with Crippen molar-refractivity contribution in [3.63, 3.8) is 0 Å². The van der Waals surface area contributed by atoms with Gasteiger partial charge in [-0.3, -0.25) is 9.59 Å². The number of rotatable bonds is 16. The van der Waals surface area contributed by atoms with Crippen molar-refractivity contribution in [3.05, 3.63) is 11.6 Å². The van der Waals surface area contributed by atoms with Crippen LogP contribution in [0.15, 0.2) is 11.6 Å². The van der Waals surface area contributed by atoms with E-state index in [1.807, 2.05) is 4.90 Å². The predicted molar refractivity (Wildman–Crippen MR) is 205 cm³/mol. The third-order valence-electron chi connectivity index (χ3n) is 13.3. The normalized spacial score (nSPS) is 31.6. The van der Waals surface area contributed by atoms with E-state index < -0.39 is 0 Å². The zero-order chi connectivity index (χ0) is 33.6. The molecule has 0 heterocycles. The molecule has 280 valence electrons. The second-order valence-electron chi connectivity index (χ2n) is 17.5. The van der Waals surface area contributed by atoms with E-state index >= 15 is 0 Å². The molecule has 0 bridgehead atoms. The lowest BCUT2D eigenvalue weighted by atomic mass is 9.47. The molecule has 0 aromatic rings. The first-order chi connectivity index (χ1) is 21.7. The van der Waals surface area contributed by atoms with E-state index in [2.05, 4.69) is 78.7 Å². The summed E-state index contributed by atoms with van der Waals surface area (Å²) in [5, 5.41) is 0. The zero-order valence-corrected chi connectivity index (χ0v) is 33.9. The fourth-order valence-corrected chi connectivity index (χ4v) is 10.7. The van der Waals surface area contributed by atoms with Crippen molar-refractivity contribution in [1.29, 1.82) is 0 Å². The Hall–Kier alpha value is -0.820. The van der Waals surface area contributed by atoms with E-state index in [1.165, 1.54) is 51.4 Å². The summed E-state index contributed by atoms with van der Waals surface area (Å²) in [5.41, 5.74) is 2.28. The molecule has 8 heteroatoms. The summed E-state index contributed by atoms with van der Waals surface area (Å²) in [6.45, 7) is 15.7. The number of hydrogen-bond donors (Lipinski definition) is 0. The van der Waals surface area contributed by atoms with E-state index in [9.17, 15) is 9.59 Å². The summed E-state index contributed by atoms with van der Waals surface area (Å²) >= 11 is 0. The van der Waals surface area contributed by atoms with E-state index in [0.717, 1.165) is 80.7 Å². The maximum atomic E-state index is 13.2. The SMILES string of the molecule is CC(C)CCC[C@@H](C)[C@H]1CC[C@H]2[C@@H]3CC=C4C[C@@H](OC(=O)CC(=O)N(CCCN(C)C)CCCN(C)C)CC[C@]4(C)[C@H]3CC[C@]12C.Cl.Cl. The van der Waals surface area contributed by atoms with Gasteiger partial charge in [0.25, 0.3) is 0 Å². The molecule has 0 aliphatic heterocycles. The van der Waals surface area contributed by atoms with E-state index in [1.54, 1.807) is 5.57 Å². The maximum Gasteiger partial charge on any atom is 0.315 e. The van der Waals surface area contributed by atoms with Crippen LogP contribution in [0.2, 0.25) is 0 Å². The van der Waals surface area contributed by atoms with Crippen LogP contribution in [-0.4, -0.2) is 87.0 Å². The second-order valence-corrected chi connectivity index (χ2v) is 17.5. The van der Waals surface area contributed by atoms with Gasteiger partial charge in [-0.1, -0.05) is 65.5 Å². The van der Waals surface area contributed by atoms with Gasteiger partial charge in [-0.15, -0.1) is 24.8 Å². The Morgan fingerprint density at radius 3 is 2.08 bits per heavy atom. The summed E-state index contributed by atoms with van der Waals surface area (Å²) in [6.07, 6.45) is 18.0. The number of carbonyl (C=O) groups excluding carboxylic acids is 2. The maximum absolute atomic E-state index is 13.2. The molecule has 0 saturated heterocycles. The Labute approximate surface area is 307 Å². The second kappa shape index (κ2) is 19.1. The highest BCUT2D eigenvalue weighted by molar-refractivity contribution is 5.94. The minimum atomic E-state index is -0.342. The van der Waals surface area contributed by atoms with Crippen LogP contribution in [0, 0.1) is 46.3 Å². The molecule has 3 saturated carbocycles. The van der Waals surface area contributed by atoms with E-state index in [-0.39, 0.29) is 54.6 Å². The summed E-state index contributed by atoms with van der Waals surface area (Å²) in [5.74, 6) is 4.55. The van der Waals surface area contributed by atoms with Crippen molar-refractivity contribution in [2.75, 3.05) is 54.4 Å². The minimum absolute atomic E-state index is 0. The van der Waals surface area contributed by atoms with Crippen molar-refractivity contribution < 1.29 is 14.3 Å². The van der Waals surface area contributed by atoms with Crippen LogP contribution >= 0.6 is 24.8 Å². The third kappa shape index (κ3) is 10.6. The number of fused-ring (bicyclic) bond motifs is 5. The number of carbonyl (C=O) groups is 2. The van der Waals surface area contributed by atoms with Crippen molar-refractivity contribution in [2.45, 2.75) is 131 Å². The molecule has 48 heavy (non-hydrogen) atoms. The molecular formula is C40H73Cl2N3O3. The molecule has 0 radical (unpaired) electrons. The van der Waals surface area contributed by atoms with Crippen molar-refractivity contribution in [1.82, 2.24) is 14.7 Å². The number of ether oxygens (including phenoxy) is 1. The Kier molecular flexibility index (Phi) is 17.3. The lowest BCUT2D eigenvalue weighted by Gasteiger charge is -2.58. The first-order valence-electron chi connectivity index (χ1n) is 19.2. The minimum Gasteiger partial charge on any atom is -0.462 e. The van der Waals surface area contributed by atoms with Gasteiger partial charge in [-0.05, 0) is 145 Å². The molecule has 6 nitrogen and oxygen atoms in total. The lowest BCUT2D eigenvalue weighted by Crippen LogP contribution is -2.51. The van der Waals surface area contributed by atoms with Crippen LogP contribution in [0.4, 0.5) is 0 Å². The van der Waals surface area contributed by atoms with Gasteiger partial charge in [-0.2, -0.15) is 0 Å². The van der Waals surface area contributed by atoms with Crippen molar-refractivity contribution in [3.8, 4) is 0 Å². The molecule has 0 aromatic carbocycles. The van der Waals surface area contributed by atoms with Crippen molar-refractivity contribution in [2.24, 2.45) is 46.3 Å². The standard InChI is InChI=1S/C40H71N3O3.2ClH/c1-29(2)13-10-14-30(3)34-17-18-35-33-16-15-31-27-32(19-21-39(31,4)36(33)20-22-40(34,35)5)46-38(45)28-37(44)43(25-11-23-41(6)7)26-12-24-42(8)9;;/h15,29-30,32-36H,10-14,16-28H2,1-9H3;2*1H/t30-,32+,33+,34-,35+,36+,39+,40-;;/m1../s1. The number of amides is 1. The van der Waals surface area contributed by atoms with Gasteiger partial charge in [0.1, 0.15) is 12.5 Å². The number of hydrogen-bond acceptors (Lipinski definition) is 5. The number of esters is 1. The highest BCUT2D eigenvalue weighted by atomic mass is 35.5. The topological polar surface area (TPSA) is 53.1 Å². The fourth-order valence-electron chi connectivity index (χ4n) is 10.7. The lowest BCUT2D eigenvalue weighted by molar-refractivity contribution is -0.155. The fraction of sp³-hybridized carbons (Fsp3) is 0.900. The van der Waals surface area contributed by atoms with E-state index in [0.29, 0.717) is 18.5 Å². The zero-order valence-electron chi connectivity index (χ0n) is 32.2. The summed E-state index contributed by atoms with van der Waals surface area (Å²) in [7, 11) is 8.22. The van der Waals surface area contributed by atoms with Crippen LogP contribution in [0.5, 0.6) is 0 Å². The van der Waals surface area contributed by atoms with Crippen LogP contribution in [0.1, 0.15) is 125 Å². The molecule has 0 aromatic heterocycles. The molecule has 8 atom stereocenters. The largest absolute Gasteiger partial charge is 0.462 e. The molecular weight excluding hydrogens is 641 g/mol. The highest BCUT2D eigenvalue weighted by Crippen LogP contribution is 2.67. The van der Waals surface area contributed by atoms with Gasteiger partial charge in [0.05, 0.1) is 0 Å². The third-order valence-corrected chi connectivity index (χ3v) is 13.3. The van der Waals surface area contributed by atoms with Crippen LogP contribution in [0.25, 0.3) is 0 Å². The summed E-state index contributed by atoms with van der Waals surface area (Å²) < 4.78 is 6.06. The van der Waals surface area contributed by atoms with Crippen molar-refractivity contribution >= 4 is 36.7 Å². The van der Waals surface area contributed by atoms with Crippen LogP contribution in [0.3, 0.4) is 0 Å². The monoisotopic (exact) mass is 714 g/mol. The van der Waals surface area contributed by atoms with Gasteiger partial charge < -0.3 is 19.4 Å². The Morgan fingerprint density at radius 2 is 1.48 bits per heavy atom. The molecule has 4 rings (SSSR count). The van der Waals surface area contributed by atoms with Gasteiger partial charge in [0.2, 0.25) is 5.91 Å². The first kappa shape index (κ1) is 43.3. The van der Waals surface area contributed by atoms with E-state index in [4.69, 9.17) is 4.74 Å². The highest BCUT2D eigenvalue weighted by Gasteiger charge is 2.59. The number of allylic oxidation sites excluding steroid dienone is 1. The Morgan fingerprint density at radius 1 is 0.833 bits per heavy atom. The molecule has 3 fully saturated rings. The van der Waals surface area contributed by atoms with Crippen LogP contribution < -0.4 is 0 Å². The number of halogens is 2. The smallest absolute Gasteiger partial charge is 0.315 e. The summed E-state index contributed by atoms with van der Waals surface area (Å²) in [4.78, 5) is 32.5. The quantitative estimate of drug-likeness (QED) is 0.0909. The molecule has 0 unspecified atom stereocenters. The average Bonchev–Trinajstić information content (AvgIpc) is 3.33. The number of nitrogens with zero attached hydrogens (tertiary/aromatic N) is 3. The van der Waals surface area contributed by atoms with Gasteiger partial charge in [0.15, 0.2) is 0 Å². The molecule has 4 aliphatic carbocycles. The van der Waals surface area contributed by atoms with Gasteiger partial charge in [0, 0.05) is 19.5 Å². The molecule has 1 amide bonds. The average molecular weight is 715 g/mol. The van der Waals surface area contributed by atoms with Gasteiger partial charge >= 0.3 is 5.97 Å². The Balaban J connectivity index is 0.00000400. The molecule has 0 N–H and O–H groups in total. The summed E-state index contributed by atoms with van der Waals surface area (Å²) in [6, 6.07) is 0. The van der Waals surface area contributed by atoms with Crippen LogP contribution in [-0.2, 0) is 14.3 Å². The molecule has 4 aliphatic rings.